The predicted molar refractivity (Wildman–Crippen MR) is 108 cm³/mol. The number of thioether (sulfide) groups is 1. The van der Waals surface area contributed by atoms with Gasteiger partial charge in [-0.25, -0.2) is 0 Å². The summed E-state index contributed by atoms with van der Waals surface area (Å²) in [4.78, 5) is 5.65. The van der Waals surface area contributed by atoms with Crippen molar-refractivity contribution in [1.29, 1.82) is 0 Å². The van der Waals surface area contributed by atoms with Crippen molar-refractivity contribution >= 4 is 41.7 Å². The van der Waals surface area contributed by atoms with E-state index >= 15 is 0 Å². The number of aliphatic imine (C=N–C) groups is 1. The number of nitrogens with one attached hydrogen (secondary N) is 2. The smallest absolute Gasteiger partial charge is 0.191 e. The number of hydrogen-bond donors (Lipinski definition) is 2. The molecule has 2 bridgehead atoms. The average Bonchev–Trinajstić information content (AvgIpc) is 3.15. The van der Waals surface area contributed by atoms with Crippen LogP contribution in [0.15, 0.2) is 40.2 Å². The van der Waals surface area contributed by atoms with Gasteiger partial charge in [-0.15, -0.1) is 35.7 Å². The highest BCUT2D eigenvalue weighted by molar-refractivity contribution is 14.0. The average molecular weight is 447 g/mol. The molecule has 0 spiro atoms. The van der Waals surface area contributed by atoms with E-state index in [0.29, 0.717) is 23.5 Å². The zero-order chi connectivity index (χ0) is 15.4. The van der Waals surface area contributed by atoms with Crippen LogP contribution in [-0.4, -0.2) is 43.1 Å². The fourth-order valence-corrected chi connectivity index (χ4v) is 4.12. The maximum absolute atomic E-state index is 5.89. The van der Waals surface area contributed by atoms with Gasteiger partial charge in [-0.2, -0.15) is 0 Å². The Labute approximate surface area is 160 Å². The third-order valence-electron chi connectivity index (χ3n) is 4.29. The number of fused-ring (bicyclic) bond motifs is 2. The van der Waals surface area contributed by atoms with E-state index < -0.39 is 0 Å². The fourth-order valence-electron chi connectivity index (χ4n) is 3.17. The van der Waals surface area contributed by atoms with Crippen LogP contribution >= 0.6 is 35.7 Å². The van der Waals surface area contributed by atoms with Gasteiger partial charge in [0.1, 0.15) is 0 Å². The van der Waals surface area contributed by atoms with Crippen LogP contribution in [0.2, 0.25) is 0 Å². The lowest BCUT2D eigenvalue weighted by Gasteiger charge is -2.23. The maximum Gasteiger partial charge on any atom is 0.191 e. The van der Waals surface area contributed by atoms with Crippen LogP contribution in [0.5, 0.6) is 0 Å². The van der Waals surface area contributed by atoms with Gasteiger partial charge in [0.25, 0.3) is 0 Å². The zero-order valence-corrected chi connectivity index (χ0v) is 16.8. The van der Waals surface area contributed by atoms with Crippen LogP contribution in [0.3, 0.4) is 0 Å². The Morgan fingerprint density at radius 3 is 2.74 bits per heavy atom. The molecule has 3 rings (SSSR count). The molecule has 2 aliphatic rings. The molecule has 0 saturated carbocycles. The molecule has 2 N–H and O–H groups in total. The Morgan fingerprint density at radius 2 is 2.13 bits per heavy atom. The van der Waals surface area contributed by atoms with Crippen LogP contribution in [0.1, 0.15) is 26.2 Å². The summed E-state index contributed by atoms with van der Waals surface area (Å²) in [6.45, 7) is 3.12. The van der Waals surface area contributed by atoms with Crippen LogP contribution in [0.4, 0.5) is 0 Å². The molecule has 2 aliphatic heterocycles. The molecule has 6 heteroatoms. The molecular formula is C17H26IN3OS. The highest BCUT2D eigenvalue weighted by Crippen LogP contribution is 2.34. The van der Waals surface area contributed by atoms with Gasteiger partial charge in [0, 0.05) is 23.7 Å². The first-order valence-electron chi connectivity index (χ1n) is 8.09. The van der Waals surface area contributed by atoms with Gasteiger partial charge in [0.05, 0.1) is 18.2 Å². The summed E-state index contributed by atoms with van der Waals surface area (Å²) in [5, 5.41) is 7.44. The van der Waals surface area contributed by atoms with Crippen LogP contribution in [0, 0.1) is 0 Å². The second kappa shape index (κ2) is 9.13. The van der Waals surface area contributed by atoms with Crippen molar-refractivity contribution in [1.82, 2.24) is 10.6 Å². The molecular weight excluding hydrogens is 421 g/mol. The van der Waals surface area contributed by atoms with E-state index in [1.165, 1.54) is 17.7 Å². The van der Waals surface area contributed by atoms with E-state index in [9.17, 15) is 0 Å². The van der Waals surface area contributed by atoms with Crippen molar-refractivity contribution in [3.05, 3.63) is 30.3 Å². The molecule has 0 amide bonds. The number of nitrogens with zero attached hydrogens (tertiary/aromatic N) is 1. The summed E-state index contributed by atoms with van der Waals surface area (Å²) in [7, 11) is 1.83. The number of ether oxygens (including phenoxy) is 1. The van der Waals surface area contributed by atoms with Gasteiger partial charge in [-0.3, -0.25) is 4.99 Å². The van der Waals surface area contributed by atoms with Gasteiger partial charge in [0.2, 0.25) is 0 Å². The molecule has 2 fully saturated rings. The van der Waals surface area contributed by atoms with Crippen molar-refractivity contribution in [2.24, 2.45) is 4.99 Å². The molecule has 0 aromatic heterocycles. The second-order valence-electron chi connectivity index (χ2n) is 6.06. The Hall–Kier alpha value is -0.470. The minimum atomic E-state index is 0. The first kappa shape index (κ1) is 18.9. The van der Waals surface area contributed by atoms with Crippen LogP contribution < -0.4 is 10.6 Å². The zero-order valence-electron chi connectivity index (χ0n) is 13.7. The molecule has 4 nitrogen and oxygen atoms in total. The lowest BCUT2D eigenvalue weighted by atomic mass is 9.96. The maximum atomic E-state index is 5.89. The Morgan fingerprint density at radius 1 is 1.35 bits per heavy atom. The summed E-state index contributed by atoms with van der Waals surface area (Å²) in [5.41, 5.74) is 0. The van der Waals surface area contributed by atoms with E-state index in [2.05, 4.69) is 52.9 Å². The Balaban J connectivity index is 0.00000192. The predicted octanol–water partition coefficient (Wildman–Crippen LogP) is 3.27. The van der Waals surface area contributed by atoms with E-state index in [1.54, 1.807) is 0 Å². The van der Waals surface area contributed by atoms with E-state index in [1.807, 2.05) is 18.8 Å². The molecule has 0 radical (unpaired) electrons. The number of hydrogen-bond acceptors (Lipinski definition) is 3. The topological polar surface area (TPSA) is 45.7 Å². The Bertz CT molecular complexity index is 514. The first-order chi connectivity index (χ1) is 10.7. The van der Waals surface area contributed by atoms with Crippen molar-refractivity contribution < 1.29 is 4.74 Å². The van der Waals surface area contributed by atoms with E-state index in [0.717, 1.165) is 18.9 Å². The Kier molecular flexibility index (Phi) is 7.49. The monoisotopic (exact) mass is 447 g/mol. The van der Waals surface area contributed by atoms with E-state index in [4.69, 9.17) is 4.74 Å². The third-order valence-corrected chi connectivity index (χ3v) is 5.40. The van der Waals surface area contributed by atoms with Crippen molar-refractivity contribution in [3.63, 3.8) is 0 Å². The van der Waals surface area contributed by atoms with Gasteiger partial charge in [0.15, 0.2) is 5.96 Å². The quantitative estimate of drug-likeness (QED) is 0.315. The van der Waals surface area contributed by atoms with Crippen LogP contribution in [0.25, 0.3) is 0 Å². The minimum absolute atomic E-state index is 0. The highest BCUT2D eigenvalue weighted by atomic mass is 127. The standard InChI is InChI=1S/C17H25N3OS.HI/c1-12(22-14-6-4-3-5-7-14)11-19-17(18-2)20-15-10-13-8-9-16(15)21-13;/h3-7,12-13,15-16H,8-11H2,1-2H3,(H2,18,19,20);1H. The van der Waals surface area contributed by atoms with Gasteiger partial charge in [-0.1, -0.05) is 25.1 Å². The summed E-state index contributed by atoms with van der Waals surface area (Å²) in [6.07, 6.45) is 4.35. The molecule has 0 aliphatic carbocycles. The first-order valence-corrected chi connectivity index (χ1v) is 8.97. The van der Waals surface area contributed by atoms with Gasteiger partial charge < -0.3 is 15.4 Å². The van der Waals surface area contributed by atoms with Gasteiger partial charge >= 0.3 is 0 Å². The van der Waals surface area contributed by atoms with Gasteiger partial charge in [-0.05, 0) is 31.4 Å². The summed E-state index contributed by atoms with van der Waals surface area (Å²) < 4.78 is 5.89. The van der Waals surface area contributed by atoms with Crippen LogP contribution in [-0.2, 0) is 4.74 Å². The second-order valence-corrected chi connectivity index (χ2v) is 7.57. The molecule has 2 heterocycles. The summed E-state index contributed by atoms with van der Waals surface area (Å²) >= 11 is 1.88. The highest BCUT2D eigenvalue weighted by Gasteiger charge is 2.41. The lowest BCUT2D eigenvalue weighted by Crippen LogP contribution is -2.48. The number of benzene rings is 1. The van der Waals surface area contributed by atoms with E-state index in [-0.39, 0.29) is 24.0 Å². The van der Waals surface area contributed by atoms with Crippen molar-refractivity contribution in [2.75, 3.05) is 13.6 Å². The molecule has 1 aromatic carbocycles. The molecule has 128 valence electrons. The lowest BCUT2D eigenvalue weighted by molar-refractivity contribution is 0.0992. The molecule has 1 aromatic rings. The largest absolute Gasteiger partial charge is 0.373 e. The minimum Gasteiger partial charge on any atom is -0.373 e. The SMILES string of the molecule is CN=C(NCC(C)Sc1ccccc1)NC1CC2CCC1O2.I. The van der Waals surface area contributed by atoms with Crippen molar-refractivity contribution in [2.45, 2.75) is 54.6 Å². The number of halogens is 1. The molecule has 4 unspecified atom stereocenters. The summed E-state index contributed by atoms with van der Waals surface area (Å²) in [5.74, 6) is 0.890. The molecule has 4 atom stereocenters. The summed E-state index contributed by atoms with van der Waals surface area (Å²) in [6, 6.07) is 10.9. The number of rotatable bonds is 5. The van der Waals surface area contributed by atoms with Crippen molar-refractivity contribution in [3.8, 4) is 0 Å². The fraction of sp³-hybridized carbons (Fsp3) is 0.588. The normalized spacial score (nSPS) is 27.4. The molecule has 2 saturated heterocycles. The molecule has 23 heavy (non-hydrogen) atoms. The third kappa shape index (κ3) is 5.26. The number of guanidine groups is 1.